The van der Waals surface area contributed by atoms with Gasteiger partial charge in [-0.15, -0.1) is 11.8 Å². The van der Waals surface area contributed by atoms with Crippen molar-refractivity contribution < 1.29 is 14.7 Å². The Kier molecular flexibility index (Phi) is 4.70. The first-order valence-corrected chi connectivity index (χ1v) is 7.93. The maximum atomic E-state index is 12.7. The molecule has 2 rings (SSSR count). The van der Waals surface area contributed by atoms with E-state index in [1.165, 1.54) is 0 Å². The Bertz CT molecular complexity index is 530. The number of hydrogen-bond acceptors (Lipinski definition) is 3. The third-order valence-electron chi connectivity index (χ3n) is 3.72. The van der Waals surface area contributed by atoms with Gasteiger partial charge in [-0.25, -0.2) is 0 Å². The Balaban J connectivity index is 2.24. The number of aliphatic carboxylic acids is 1. The molecule has 1 aromatic rings. The summed E-state index contributed by atoms with van der Waals surface area (Å²) >= 11 is 1.60. The number of hydrogen-bond donors (Lipinski definition) is 1. The van der Waals surface area contributed by atoms with E-state index in [4.69, 9.17) is 5.11 Å². The highest BCUT2D eigenvalue weighted by atomic mass is 32.2. The van der Waals surface area contributed by atoms with Crippen molar-refractivity contribution >= 4 is 23.6 Å². The molecule has 1 amide bonds. The van der Waals surface area contributed by atoms with Gasteiger partial charge in [0.1, 0.15) is 0 Å². The molecule has 1 unspecified atom stereocenters. The third kappa shape index (κ3) is 3.15. The van der Waals surface area contributed by atoms with Gasteiger partial charge < -0.3 is 10.0 Å². The number of thioether (sulfide) groups is 1. The van der Waals surface area contributed by atoms with E-state index in [9.17, 15) is 9.59 Å². The molecular weight excluding hydrogens is 274 g/mol. The fourth-order valence-corrected chi connectivity index (χ4v) is 3.07. The first-order valence-electron chi connectivity index (χ1n) is 6.70. The Labute approximate surface area is 123 Å². The standard InChI is InChI=1S/C15H19NO3S/c1-10-5-6-12(20-2)9-13(10)15(19)16-7-3-4-11(16)8-14(17)18/h5-6,9,11H,3-4,7-8H2,1-2H3,(H,17,18). The molecular formula is C15H19NO3S. The van der Waals surface area contributed by atoms with Crippen LogP contribution in [0.1, 0.15) is 35.2 Å². The quantitative estimate of drug-likeness (QED) is 0.867. The number of aryl methyl sites for hydroxylation is 1. The fraction of sp³-hybridized carbons (Fsp3) is 0.467. The zero-order chi connectivity index (χ0) is 14.7. The highest BCUT2D eigenvalue weighted by Crippen LogP contribution is 2.26. The predicted molar refractivity (Wildman–Crippen MR) is 79.3 cm³/mol. The normalized spacial score (nSPS) is 18.3. The molecule has 5 heteroatoms. The minimum atomic E-state index is -0.843. The number of carbonyl (C=O) groups excluding carboxylic acids is 1. The first-order chi connectivity index (χ1) is 9.52. The smallest absolute Gasteiger partial charge is 0.305 e. The molecule has 0 saturated carbocycles. The molecule has 1 aliphatic rings. The molecule has 1 aromatic carbocycles. The van der Waals surface area contributed by atoms with Crippen molar-refractivity contribution in [2.24, 2.45) is 0 Å². The van der Waals surface area contributed by atoms with Gasteiger partial charge in [-0.1, -0.05) is 6.07 Å². The molecule has 0 spiro atoms. The van der Waals surface area contributed by atoms with Crippen LogP contribution in [0, 0.1) is 6.92 Å². The topological polar surface area (TPSA) is 57.6 Å². The first kappa shape index (κ1) is 14.9. The summed E-state index contributed by atoms with van der Waals surface area (Å²) in [6.07, 6.45) is 3.67. The van der Waals surface area contributed by atoms with Crippen LogP contribution in [0.5, 0.6) is 0 Å². The number of nitrogens with zero attached hydrogens (tertiary/aromatic N) is 1. The Morgan fingerprint density at radius 2 is 2.20 bits per heavy atom. The summed E-state index contributed by atoms with van der Waals surface area (Å²) in [6, 6.07) is 5.67. The second-order valence-corrected chi connectivity index (χ2v) is 5.95. The summed E-state index contributed by atoms with van der Waals surface area (Å²) in [4.78, 5) is 26.3. The van der Waals surface area contributed by atoms with Crippen LogP contribution in [0.2, 0.25) is 0 Å². The number of carboxylic acids is 1. The van der Waals surface area contributed by atoms with Gasteiger partial charge in [0.25, 0.3) is 5.91 Å². The summed E-state index contributed by atoms with van der Waals surface area (Å²) in [7, 11) is 0. The van der Waals surface area contributed by atoms with Crippen LogP contribution in [-0.2, 0) is 4.79 Å². The average molecular weight is 293 g/mol. The van der Waals surface area contributed by atoms with Crippen molar-refractivity contribution in [1.29, 1.82) is 0 Å². The van der Waals surface area contributed by atoms with Crippen molar-refractivity contribution in [3.05, 3.63) is 29.3 Å². The van der Waals surface area contributed by atoms with Crippen LogP contribution < -0.4 is 0 Å². The minimum Gasteiger partial charge on any atom is -0.481 e. The second-order valence-electron chi connectivity index (χ2n) is 5.07. The molecule has 20 heavy (non-hydrogen) atoms. The number of carboxylic acid groups (broad SMARTS) is 1. The van der Waals surface area contributed by atoms with E-state index in [1.54, 1.807) is 16.7 Å². The van der Waals surface area contributed by atoms with E-state index in [2.05, 4.69) is 0 Å². The fourth-order valence-electron chi connectivity index (χ4n) is 2.63. The molecule has 1 N–H and O–H groups in total. The Morgan fingerprint density at radius 1 is 1.45 bits per heavy atom. The van der Waals surface area contributed by atoms with E-state index in [1.807, 2.05) is 31.4 Å². The molecule has 0 aromatic heterocycles. The van der Waals surface area contributed by atoms with Crippen LogP contribution >= 0.6 is 11.8 Å². The molecule has 1 aliphatic heterocycles. The SMILES string of the molecule is CSc1ccc(C)c(C(=O)N2CCCC2CC(=O)O)c1. The molecule has 0 radical (unpaired) electrons. The lowest BCUT2D eigenvalue weighted by Gasteiger charge is -2.24. The molecule has 0 bridgehead atoms. The number of amides is 1. The maximum Gasteiger partial charge on any atom is 0.305 e. The van der Waals surface area contributed by atoms with Crippen molar-refractivity contribution in [1.82, 2.24) is 4.90 Å². The highest BCUT2D eigenvalue weighted by molar-refractivity contribution is 7.98. The highest BCUT2D eigenvalue weighted by Gasteiger charge is 2.31. The minimum absolute atomic E-state index is 0.0347. The van der Waals surface area contributed by atoms with E-state index in [-0.39, 0.29) is 18.4 Å². The summed E-state index contributed by atoms with van der Waals surface area (Å²) < 4.78 is 0. The van der Waals surface area contributed by atoms with Crippen molar-refractivity contribution in [3.8, 4) is 0 Å². The van der Waals surface area contributed by atoms with Gasteiger partial charge in [-0.05, 0) is 43.7 Å². The molecule has 1 saturated heterocycles. The molecule has 1 atom stereocenters. The maximum absolute atomic E-state index is 12.7. The average Bonchev–Trinajstić information content (AvgIpc) is 2.86. The lowest BCUT2D eigenvalue weighted by molar-refractivity contribution is -0.137. The van der Waals surface area contributed by atoms with Gasteiger partial charge in [0.2, 0.25) is 0 Å². The molecule has 4 nitrogen and oxygen atoms in total. The van der Waals surface area contributed by atoms with E-state index in [0.717, 1.165) is 23.3 Å². The van der Waals surface area contributed by atoms with Crippen LogP contribution in [-0.4, -0.2) is 40.7 Å². The molecule has 0 aliphatic carbocycles. The van der Waals surface area contributed by atoms with Crippen LogP contribution in [0.3, 0.4) is 0 Å². The van der Waals surface area contributed by atoms with Gasteiger partial charge in [0.05, 0.1) is 6.42 Å². The number of benzene rings is 1. The van der Waals surface area contributed by atoms with Gasteiger partial charge in [-0.3, -0.25) is 9.59 Å². The molecule has 108 valence electrons. The van der Waals surface area contributed by atoms with Crippen LogP contribution in [0.15, 0.2) is 23.1 Å². The Morgan fingerprint density at radius 3 is 2.85 bits per heavy atom. The number of carbonyl (C=O) groups is 2. The van der Waals surface area contributed by atoms with Gasteiger partial charge in [-0.2, -0.15) is 0 Å². The monoisotopic (exact) mass is 293 g/mol. The number of likely N-dealkylation sites (tertiary alicyclic amines) is 1. The summed E-state index contributed by atoms with van der Waals surface area (Å²) in [5.41, 5.74) is 1.63. The predicted octanol–water partition coefficient (Wildman–Crippen LogP) is 2.80. The molecule has 1 fully saturated rings. The van der Waals surface area contributed by atoms with Crippen LogP contribution in [0.25, 0.3) is 0 Å². The summed E-state index contributed by atoms with van der Waals surface area (Å²) in [5.74, 6) is -0.883. The van der Waals surface area contributed by atoms with Crippen molar-refractivity contribution in [2.75, 3.05) is 12.8 Å². The lowest BCUT2D eigenvalue weighted by Crippen LogP contribution is -2.37. The zero-order valence-corrected chi connectivity index (χ0v) is 12.6. The second kappa shape index (κ2) is 6.31. The van der Waals surface area contributed by atoms with Gasteiger partial charge in [0.15, 0.2) is 0 Å². The number of rotatable bonds is 4. The third-order valence-corrected chi connectivity index (χ3v) is 4.45. The zero-order valence-electron chi connectivity index (χ0n) is 11.8. The lowest BCUT2D eigenvalue weighted by atomic mass is 10.1. The summed E-state index contributed by atoms with van der Waals surface area (Å²) in [5, 5.41) is 8.94. The van der Waals surface area contributed by atoms with E-state index >= 15 is 0 Å². The van der Waals surface area contributed by atoms with Crippen LogP contribution in [0.4, 0.5) is 0 Å². The van der Waals surface area contributed by atoms with E-state index < -0.39 is 5.97 Å². The van der Waals surface area contributed by atoms with E-state index in [0.29, 0.717) is 12.1 Å². The Hall–Kier alpha value is -1.49. The van der Waals surface area contributed by atoms with Gasteiger partial charge in [0, 0.05) is 23.0 Å². The molecule has 1 heterocycles. The summed E-state index contributed by atoms with van der Waals surface area (Å²) in [6.45, 7) is 2.57. The van der Waals surface area contributed by atoms with Gasteiger partial charge >= 0.3 is 5.97 Å². The van der Waals surface area contributed by atoms with Crippen molar-refractivity contribution in [2.45, 2.75) is 37.1 Å². The largest absolute Gasteiger partial charge is 0.481 e. The van der Waals surface area contributed by atoms with Crippen molar-refractivity contribution in [3.63, 3.8) is 0 Å².